The van der Waals surface area contributed by atoms with Gasteiger partial charge in [0.2, 0.25) is 0 Å². The SMILES string of the molecule is CCCCC/C=C/C=C/CCCCCCCCCCCCC(=O)OCC(COCCC(C(=O)O)[N+](C)(C)C)OC(=O)CCCCC/C=C/CCCCCCCCC. The first kappa shape index (κ1) is 54.6. The molecule has 0 radical (unpaired) electrons. The summed E-state index contributed by atoms with van der Waals surface area (Å²) in [5.74, 6) is -1.49. The molecule has 0 aromatic carbocycles. The number of esters is 2. The minimum Gasteiger partial charge on any atom is -0.477 e. The van der Waals surface area contributed by atoms with E-state index in [4.69, 9.17) is 14.2 Å². The van der Waals surface area contributed by atoms with Gasteiger partial charge in [0.25, 0.3) is 0 Å². The van der Waals surface area contributed by atoms with Crippen molar-refractivity contribution in [3.63, 3.8) is 0 Å². The molecule has 0 fully saturated rings. The van der Waals surface area contributed by atoms with Gasteiger partial charge in [-0.25, -0.2) is 4.79 Å². The van der Waals surface area contributed by atoms with Gasteiger partial charge in [-0.2, -0.15) is 0 Å². The Morgan fingerprint density at radius 1 is 0.526 bits per heavy atom. The van der Waals surface area contributed by atoms with Crippen LogP contribution in [-0.4, -0.2) is 80.6 Å². The van der Waals surface area contributed by atoms with Crippen molar-refractivity contribution in [3.8, 4) is 0 Å². The summed E-state index contributed by atoms with van der Waals surface area (Å²) >= 11 is 0. The first-order chi connectivity index (χ1) is 27.6. The van der Waals surface area contributed by atoms with Crippen molar-refractivity contribution in [2.45, 2.75) is 219 Å². The van der Waals surface area contributed by atoms with Crippen molar-refractivity contribution in [1.29, 1.82) is 0 Å². The van der Waals surface area contributed by atoms with E-state index >= 15 is 0 Å². The molecule has 2 atom stereocenters. The Bertz CT molecular complexity index is 1030. The highest BCUT2D eigenvalue weighted by Gasteiger charge is 2.31. The quantitative estimate of drug-likeness (QED) is 0.0216. The van der Waals surface area contributed by atoms with Gasteiger partial charge in [-0.1, -0.05) is 159 Å². The fraction of sp³-hybridized carbons (Fsp3) is 0.816. The minimum atomic E-state index is -0.877. The third-order valence-electron chi connectivity index (χ3n) is 10.5. The molecule has 8 nitrogen and oxygen atoms in total. The highest BCUT2D eigenvalue weighted by Crippen LogP contribution is 2.14. The molecule has 1 N–H and O–H groups in total. The Morgan fingerprint density at radius 3 is 1.42 bits per heavy atom. The molecule has 0 aliphatic rings. The number of ether oxygens (including phenoxy) is 3. The van der Waals surface area contributed by atoms with Crippen LogP contribution in [0, 0.1) is 0 Å². The van der Waals surface area contributed by atoms with Gasteiger partial charge >= 0.3 is 17.9 Å². The first-order valence-electron chi connectivity index (χ1n) is 23.5. The van der Waals surface area contributed by atoms with Crippen LogP contribution in [0.1, 0.15) is 206 Å². The summed E-state index contributed by atoms with van der Waals surface area (Å²) in [5.41, 5.74) is 0. The highest BCUT2D eigenvalue weighted by atomic mass is 16.6. The molecule has 0 rings (SSSR count). The predicted molar refractivity (Wildman–Crippen MR) is 238 cm³/mol. The number of rotatable bonds is 42. The Labute approximate surface area is 351 Å². The van der Waals surface area contributed by atoms with Crippen LogP contribution in [0.15, 0.2) is 36.5 Å². The van der Waals surface area contributed by atoms with Crippen LogP contribution in [0.4, 0.5) is 0 Å². The van der Waals surface area contributed by atoms with Crippen LogP contribution in [0.5, 0.6) is 0 Å². The molecule has 2 unspecified atom stereocenters. The Balaban J connectivity index is 4.30. The summed E-state index contributed by atoms with van der Waals surface area (Å²) in [5, 5.41) is 9.63. The lowest BCUT2D eigenvalue weighted by molar-refractivity contribution is -0.887. The number of carboxylic acid groups (broad SMARTS) is 1. The third kappa shape index (κ3) is 38.8. The Morgan fingerprint density at radius 2 is 0.930 bits per heavy atom. The van der Waals surface area contributed by atoms with Crippen molar-refractivity contribution >= 4 is 17.9 Å². The van der Waals surface area contributed by atoms with Crippen molar-refractivity contribution in [1.82, 2.24) is 0 Å². The number of hydrogen-bond acceptors (Lipinski definition) is 6. The fourth-order valence-electron chi connectivity index (χ4n) is 6.84. The average molecular weight is 805 g/mol. The molecule has 0 bridgehead atoms. The van der Waals surface area contributed by atoms with E-state index < -0.39 is 18.1 Å². The van der Waals surface area contributed by atoms with Crippen molar-refractivity contribution < 1.29 is 38.2 Å². The summed E-state index contributed by atoms with van der Waals surface area (Å²) in [6, 6.07) is -0.616. The van der Waals surface area contributed by atoms with Crippen LogP contribution >= 0.6 is 0 Å². The van der Waals surface area contributed by atoms with Gasteiger partial charge in [-0.15, -0.1) is 0 Å². The molecule has 0 aliphatic carbocycles. The smallest absolute Gasteiger partial charge is 0.362 e. The Hall–Kier alpha value is -2.45. The molecule has 0 heterocycles. The number of carboxylic acids is 1. The zero-order chi connectivity index (χ0) is 42.1. The molecule has 0 aliphatic heterocycles. The van der Waals surface area contributed by atoms with Crippen LogP contribution in [-0.2, 0) is 28.6 Å². The number of likely N-dealkylation sites (N-methyl/N-ethyl adjacent to an activating group) is 1. The van der Waals surface area contributed by atoms with E-state index in [2.05, 4.69) is 50.3 Å². The maximum Gasteiger partial charge on any atom is 0.362 e. The van der Waals surface area contributed by atoms with Gasteiger partial charge in [0.05, 0.1) is 34.4 Å². The number of unbranched alkanes of at least 4 members (excludes halogenated alkanes) is 23. The molecule has 0 spiro atoms. The molecular formula is C49H90NO7+. The second-order valence-electron chi connectivity index (χ2n) is 17.0. The van der Waals surface area contributed by atoms with E-state index in [0.29, 0.717) is 19.3 Å². The van der Waals surface area contributed by atoms with Gasteiger partial charge in [0, 0.05) is 19.3 Å². The largest absolute Gasteiger partial charge is 0.477 e. The molecule has 332 valence electrons. The molecule has 8 heteroatoms. The minimum absolute atomic E-state index is 0.0555. The van der Waals surface area contributed by atoms with Gasteiger partial charge in [0.15, 0.2) is 12.1 Å². The van der Waals surface area contributed by atoms with Crippen molar-refractivity contribution in [2.24, 2.45) is 0 Å². The summed E-state index contributed by atoms with van der Waals surface area (Å²) in [4.78, 5) is 37.0. The summed E-state index contributed by atoms with van der Waals surface area (Å²) in [6.45, 7) is 4.70. The zero-order valence-corrected chi connectivity index (χ0v) is 37.8. The number of carbonyl (C=O) groups is 3. The second kappa shape index (κ2) is 40.3. The standard InChI is InChI=1S/C49H89NO7/c1-6-8-10-12-14-16-18-20-22-23-24-25-26-28-29-31-33-35-37-39-47(51)56-44-45(43-55-42-41-46(49(53)54)50(3,4)5)57-48(52)40-38-36-34-32-30-27-21-19-17-15-13-11-9-7-2/h14,16,18,20,27,30,45-46H,6-13,15,17,19,21-26,28-29,31-44H2,1-5H3/p+1/b16-14+,20-18+,30-27+. The van der Waals surface area contributed by atoms with Crippen molar-refractivity contribution in [3.05, 3.63) is 36.5 Å². The molecule has 0 saturated heterocycles. The van der Waals surface area contributed by atoms with Crippen LogP contribution < -0.4 is 0 Å². The zero-order valence-electron chi connectivity index (χ0n) is 37.8. The van der Waals surface area contributed by atoms with E-state index in [1.54, 1.807) is 0 Å². The van der Waals surface area contributed by atoms with E-state index in [1.165, 1.54) is 122 Å². The van der Waals surface area contributed by atoms with E-state index in [9.17, 15) is 19.5 Å². The van der Waals surface area contributed by atoms with E-state index in [-0.39, 0.29) is 36.2 Å². The number of carbonyl (C=O) groups excluding carboxylic acids is 2. The average Bonchev–Trinajstić information content (AvgIpc) is 3.17. The number of quaternary nitrogens is 1. The van der Waals surface area contributed by atoms with Crippen molar-refractivity contribution in [2.75, 3.05) is 41.0 Å². The molecular weight excluding hydrogens is 715 g/mol. The topological polar surface area (TPSA) is 99.1 Å². The molecule has 0 aromatic rings. The number of allylic oxidation sites excluding steroid dienone is 6. The number of aliphatic carboxylic acids is 1. The molecule has 57 heavy (non-hydrogen) atoms. The lowest BCUT2D eigenvalue weighted by atomic mass is 10.1. The number of nitrogens with zero attached hydrogens (tertiary/aromatic N) is 1. The lowest BCUT2D eigenvalue weighted by Gasteiger charge is -2.31. The van der Waals surface area contributed by atoms with Gasteiger partial charge in [-0.3, -0.25) is 9.59 Å². The summed E-state index contributed by atoms with van der Waals surface area (Å²) in [6.07, 6.45) is 46.1. The monoisotopic (exact) mass is 805 g/mol. The Kier molecular flexibility index (Phi) is 38.6. The predicted octanol–water partition coefficient (Wildman–Crippen LogP) is 13.0. The van der Waals surface area contributed by atoms with Crippen LogP contribution in [0.25, 0.3) is 0 Å². The maximum atomic E-state index is 12.7. The van der Waals surface area contributed by atoms with Crippen LogP contribution in [0.3, 0.4) is 0 Å². The third-order valence-corrected chi connectivity index (χ3v) is 10.5. The summed E-state index contributed by atoms with van der Waals surface area (Å²) in [7, 11) is 5.52. The first-order valence-corrected chi connectivity index (χ1v) is 23.5. The summed E-state index contributed by atoms with van der Waals surface area (Å²) < 4.78 is 17.3. The second-order valence-corrected chi connectivity index (χ2v) is 17.0. The van der Waals surface area contributed by atoms with Gasteiger partial charge < -0.3 is 23.8 Å². The fourth-order valence-corrected chi connectivity index (χ4v) is 6.84. The van der Waals surface area contributed by atoms with Gasteiger partial charge in [-0.05, 0) is 64.2 Å². The lowest BCUT2D eigenvalue weighted by Crippen LogP contribution is -2.50. The highest BCUT2D eigenvalue weighted by molar-refractivity contribution is 5.72. The maximum absolute atomic E-state index is 12.7. The van der Waals surface area contributed by atoms with Gasteiger partial charge in [0.1, 0.15) is 6.61 Å². The van der Waals surface area contributed by atoms with Crippen LogP contribution in [0.2, 0.25) is 0 Å². The van der Waals surface area contributed by atoms with E-state index in [1.807, 2.05) is 21.1 Å². The normalized spacial score (nSPS) is 13.2. The molecule has 0 amide bonds. The van der Waals surface area contributed by atoms with E-state index in [0.717, 1.165) is 51.4 Å². The molecule has 0 aromatic heterocycles. The molecule has 0 saturated carbocycles. The number of hydrogen-bond donors (Lipinski definition) is 1.